The quantitative estimate of drug-likeness (QED) is 0.239. The Balaban J connectivity index is 1.71. The molecule has 2 amide bonds. The maximum Gasteiger partial charge on any atom is 0.271 e. The molecule has 0 spiro atoms. The van der Waals surface area contributed by atoms with Gasteiger partial charge in [-0.3, -0.25) is 19.7 Å². The third-order valence-electron chi connectivity index (χ3n) is 4.47. The average molecular weight is 441 g/mol. The maximum atomic E-state index is 12.7. The summed E-state index contributed by atoms with van der Waals surface area (Å²) in [5.41, 5.74) is 7.27. The molecule has 1 aliphatic heterocycles. The lowest BCUT2D eigenvalue weighted by molar-refractivity contribution is -0.384. The molecule has 1 atom stereocenters. The van der Waals surface area contributed by atoms with Crippen molar-refractivity contribution in [1.29, 1.82) is 0 Å². The lowest BCUT2D eigenvalue weighted by atomic mass is 10.1. The van der Waals surface area contributed by atoms with Crippen LogP contribution < -0.4 is 15.4 Å². The molecule has 1 saturated heterocycles. The van der Waals surface area contributed by atoms with Crippen LogP contribution in [-0.4, -0.2) is 40.0 Å². The van der Waals surface area contributed by atoms with E-state index in [0.29, 0.717) is 11.5 Å². The molecule has 2 aromatic rings. The largest absolute Gasteiger partial charge is 0.497 e. The van der Waals surface area contributed by atoms with Gasteiger partial charge >= 0.3 is 0 Å². The standard InChI is InChI=1S/C20H19N5O5S/c1-12(13-6-8-16(30-2)9-7-13)22-23-20(21)31-17-11-18(26)24(19(17)27)14-4-3-5-15(10-14)25(28)29/h3-10,17H,11H2,1-2H3,(H2,21,23). The van der Waals surface area contributed by atoms with E-state index in [2.05, 4.69) is 10.2 Å². The predicted molar refractivity (Wildman–Crippen MR) is 118 cm³/mol. The third-order valence-corrected chi connectivity index (χ3v) is 5.45. The summed E-state index contributed by atoms with van der Waals surface area (Å²) >= 11 is 0.926. The number of imide groups is 1. The van der Waals surface area contributed by atoms with Crippen LogP contribution in [0.3, 0.4) is 0 Å². The molecule has 2 N–H and O–H groups in total. The van der Waals surface area contributed by atoms with Crippen molar-refractivity contribution in [2.45, 2.75) is 18.6 Å². The Morgan fingerprint density at radius 3 is 2.58 bits per heavy atom. The van der Waals surface area contributed by atoms with Crippen LogP contribution in [0.4, 0.5) is 11.4 Å². The second-order valence-electron chi connectivity index (χ2n) is 6.51. The second-order valence-corrected chi connectivity index (χ2v) is 7.73. The van der Waals surface area contributed by atoms with E-state index < -0.39 is 22.0 Å². The van der Waals surface area contributed by atoms with E-state index in [1.807, 2.05) is 12.1 Å². The van der Waals surface area contributed by atoms with Crippen LogP contribution in [0, 0.1) is 10.1 Å². The first-order valence-electron chi connectivity index (χ1n) is 9.10. The predicted octanol–water partition coefficient (Wildman–Crippen LogP) is 2.71. The number of hydrogen-bond donors (Lipinski definition) is 1. The van der Waals surface area contributed by atoms with Gasteiger partial charge in [0.15, 0.2) is 5.17 Å². The van der Waals surface area contributed by atoms with E-state index in [1.54, 1.807) is 26.2 Å². The van der Waals surface area contributed by atoms with E-state index in [9.17, 15) is 19.7 Å². The summed E-state index contributed by atoms with van der Waals surface area (Å²) in [5, 5.41) is 18.2. The second kappa shape index (κ2) is 9.39. The summed E-state index contributed by atoms with van der Waals surface area (Å²) in [4.78, 5) is 36.4. The topological polar surface area (TPSA) is 140 Å². The Morgan fingerprint density at radius 2 is 1.94 bits per heavy atom. The summed E-state index contributed by atoms with van der Waals surface area (Å²) in [7, 11) is 1.58. The molecule has 0 aliphatic carbocycles. The van der Waals surface area contributed by atoms with Gasteiger partial charge in [0.2, 0.25) is 11.8 Å². The monoisotopic (exact) mass is 441 g/mol. The zero-order chi connectivity index (χ0) is 22.5. The number of amides is 2. The number of ether oxygens (including phenoxy) is 1. The molecule has 1 unspecified atom stereocenters. The third kappa shape index (κ3) is 5.07. The van der Waals surface area contributed by atoms with Crippen LogP contribution in [0.5, 0.6) is 5.75 Å². The van der Waals surface area contributed by atoms with Crippen molar-refractivity contribution < 1.29 is 19.2 Å². The molecule has 3 rings (SSSR count). The van der Waals surface area contributed by atoms with Gasteiger partial charge in [-0.15, -0.1) is 5.10 Å². The van der Waals surface area contributed by atoms with Crippen LogP contribution in [0.2, 0.25) is 0 Å². The lowest BCUT2D eigenvalue weighted by Crippen LogP contribution is -2.31. The van der Waals surface area contributed by atoms with Crippen molar-refractivity contribution in [1.82, 2.24) is 0 Å². The fourth-order valence-electron chi connectivity index (χ4n) is 2.90. The van der Waals surface area contributed by atoms with Gasteiger partial charge < -0.3 is 10.5 Å². The molecule has 1 heterocycles. The number of benzene rings is 2. The molecular weight excluding hydrogens is 422 g/mol. The molecule has 2 aromatic carbocycles. The van der Waals surface area contributed by atoms with E-state index >= 15 is 0 Å². The van der Waals surface area contributed by atoms with Gasteiger partial charge in [0.05, 0.1) is 23.4 Å². The average Bonchev–Trinajstić information content (AvgIpc) is 3.04. The Bertz CT molecular complexity index is 1080. The highest BCUT2D eigenvalue weighted by Crippen LogP contribution is 2.31. The number of carbonyl (C=O) groups is 2. The summed E-state index contributed by atoms with van der Waals surface area (Å²) in [6, 6.07) is 12.6. The number of carbonyl (C=O) groups excluding carboxylic acids is 2. The molecule has 0 radical (unpaired) electrons. The van der Waals surface area contributed by atoms with Crippen molar-refractivity contribution in [3.05, 3.63) is 64.2 Å². The lowest BCUT2D eigenvalue weighted by Gasteiger charge is -2.14. The Hall–Kier alpha value is -3.73. The number of anilines is 1. The Morgan fingerprint density at radius 1 is 1.23 bits per heavy atom. The zero-order valence-corrected chi connectivity index (χ0v) is 17.5. The van der Waals surface area contributed by atoms with Crippen molar-refractivity contribution >= 4 is 45.8 Å². The number of nitro benzene ring substituents is 1. The Kier molecular flexibility index (Phi) is 6.65. The zero-order valence-electron chi connectivity index (χ0n) is 16.7. The van der Waals surface area contributed by atoms with Gasteiger partial charge in [0, 0.05) is 18.6 Å². The van der Waals surface area contributed by atoms with Crippen LogP contribution in [0.15, 0.2) is 58.7 Å². The van der Waals surface area contributed by atoms with Gasteiger partial charge in [-0.05, 0) is 42.8 Å². The number of hydrogen-bond acceptors (Lipinski definition) is 8. The first-order chi connectivity index (χ1) is 14.8. The van der Waals surface area contributed by atoms with Crippen molar-refractivity contribution in [2.24, 2.45) is 15.9 Å². The molecule has 31 heavy (non-hydrogen) atoms. The SMILES string of the molecule is COc1ccc(C(C)=NN=C(N)SC2CC(=O)N(c3cccc([N+](=O)[O-])c3)C2=O)cc1. The van der Waals surface area contributed by atoms with Crippen molar-refractivity contribution in [3.8, 4) is 5.75 Å². The highest BCUT2D eigenvalue weighted by Gasteiger charge is 2.41. The van der Waals surface area contributed by atoms with Crippen LogP contribution >= 0.6 is 11.8 Å². The fourth-order valence-corrected chi connectivity index (χ4v) is 3.71. The number of methoxy groups -OCH3 is 1. The minimum absolute atomic E-state index is 0.0277. The first kappa shape index (κ1) is 22.0. The molecule has 160 valence electrons. The van der Waals surface area contributed by atoms with Crippen LogP contribution in [0.1, 0.15) is 18.9 Å². The van der Waals surface area contributed by atoms with Crippen LogP contribution in [-0.2, 0) is 9.59 Å². The van der Waals surface area contributed by atoms with Crippen molar-refractivity contribution in [2.75, 3.05) is 12.0 Å². The number of nitro groups is 1. The normalized spacial score (nSPS) is 17.2. The molecule has 11 heteroatoms. The molecular formula is C20H19N5O5S. The highest BCUT2D eigenvalue weighted by atomic mass is 32.2. The molecule has 0 bridgehead atoms. The molecule has 1 aliphatic rings. The molecule has 10 nitrogen and oxygen atoms in total. The maximum absolute atomic E-state index is 12.7. The first-order valence-corrected chi connectivity index (χ1v) is 9.98. The van der Waals surface area contributed by atoms with Gasteiger partial charge in [-0.1, -0.05) is 17.8 Å². The fraction of sp³-hybridized carbons (Fsp3) is 0.200. The number of non-ortho nitro benzene ring substituents is 1. The number of nitrogens with zero attached hydrogens (tertiary/aromatic N) is 4. The van der Waals surface area contributed by atoms with Gasteiger partial charge in [-0.2, -0.15) is 5.10 Å². The number of thioether (sulfide) groups is 1. The van der Waals surface area contributed by atoms with Crippen LogP contribution in [0.25, 0.3) is 0 Å². The molecule has 1 fully saturated rings. The van der Waals surface area contributed by atoms with Gasteiger partial charge in [0.1, 0.15) is 11.0 Å². The number of amidine groups is 1. The van der Waals surface area contributed by atoms with Gasteiger partial charge in [0.25, 0.3) is 5.69 Å². The van der Waals surface area contributed by atoms with E-state index in [1.165, 1.54) is 24.3 Å². The van der Waals surface area contributed by atoms with Gasteiger partial charge in [-0.25, -0.2) is 4.90 Å². The number of nitrogens with two attached hydrogens (primary N) is 1. The minimum Gasteiger partial charge on any atom is -0.497 e. The number of rotatable bonds is 6. The highest BCUT2D eigenvalue weighted by molar-refractivity contribution is 8.14. The van der Waals surface area contributed by atoms with E-state index in [-0.39, 0.29) is 23.0 Å². The van der Waals surface area contributed by atoms with Crippen molar-refractivity contribution in [3.63, 3.8) is 0 Å². The summed E-state index contributed by atoms with van der Waals surface area (Å²) in [6.07, 6.45) is -0.0937. The summed E-state index contributed by atoms with van der Waals surface area (Å²) < 4.78 is 5.11. The Labute approximate surface area is 181 Å². The minimum atomic E-state index is -0.785. The molecule has 0 aromatic heterocycles. The van der Waals surface area contributed by atoms with E-state index in [0.717, 1.165) is 22.2 Å². The summed E-state index contributed by atoms with van der Waals surface area (Å²) in [5.74, 6) is -0.258. The summed E-state index contributed by atoms with van der Waals surface area (Å²) in [6.45, 7) is 1.76. The molecule has 0 saturated carbocycles. The van der Waals surface area contributed by atoms with E-state index in [4.69, 9.17) is 10.5 Å². The smallest absolute Gasteiger partial charge is 0.271 e.